The van der Waals surface area contributed by atoms with E-state index >= 15 is 0 Å². The molecule has 6 heteroatoms. The summed E-state index contributed by atoms with van der Waals surface area (Å²) >= 11 is 0. The average molecular weight is 252 g/mol. The Kier molecular flexibility index (Phi) is 4.14. The zero-order chi connectivity index (χ0) is 13.8. The molecular weight excluding hydrogens is 236 g/mol. The number of hydrogen-bond donors (Lipinski definition) is 3. The van der Waals surface area contributed by atoms with Crippen LogP contribution in [0, 0.1) is 0 Å². The predicted octanol–water partition coefficient (Wildman–Crippen LogP) is 1.56. The molecule has 0 fully saturated rings. The standard InChI is InChI=1S/C12H16N2O4/c1-12(2,3)18-11(17)14-13-10(16)8-6-4-5-7-9(8)15/h4-7,15H,1-3H3,(H,13,16)(H,14,17). The molecule has 2 amide bonds. The number of amides is 2. The predicted molar refractivity (Wildman–Crippen MR) is 64.9 cm³/mol. The highest BCUT2D eigenvalue weighted by atomic mass is 16.6. The van der Waals surface area contributed by atoms with Crippen molar-refractivity contribution in [3.63, 3.8) is 0 Å². The van der Waals surface area contributed by atoms with Crippen molar-refractivity contribution in [3.8, 4) is 5.75 Å². The zero-order valence-corrected chi connectivity index (χ0v) is 10.5. The van der Waals surface area contributed by atoms with Crippen LogP contribution in [0.1, 0.15) is 31.1 Å². The maximum atomic E-state index is 11.6. The van der Waals surface area contributed by atoms with Gasteiger partial charge in [0.1, 0.15) is 11.4 Å². The van der Waals surface area contributed by atoms with Crippen molar-refractivity contribution in [2.45, 2.75) is 26.4 Å². The first-order valence-electron chi connectivity index (χ1n) is 5.37. The van der Waals surface area contributed by atoms with Crippen molar-refractivity contribution >= 4 is 12.0 Å². The summed E-state index contributed by atoms with van der Waals surface area (Å²) in [4.78, 5) is 22.9. The molecule has 6 nitrogen and oxygen atoms in total. The van der Waals surface area contributed by atoms with E-state index in [-0.39, 0.29) is 11.3 Å². The summed E-state index contributed by atoms with van der Waals surface area (Å²) in [6.07, 6.45) is -0.772. The van der Waals surface area contributed by atoms with Crippen LogP contribution in [0.4, 0.5) is 4.79 Å². The third-order valence-electron chi connectivity index (χ3n) is 1.83. The second kappa shape index (κ2) is 5.39. The molecule has 0 aliphatic heterocycles. The molecule has 0 radical (unpaired) electrons. The molecule has 0 saturated heterocycles. The van der Waals surface area contributed by atoms with E-state index in [0.29, 0.717) is 0 Å². The van der Waals surface area contributed by atoms with E-state index in [9.17, 15) is 14.7 Å². The van der Waals surface area contributed by atoms with Gasteiger partial charge in [0.2, 0.25) is 0 Å². The Bertz CT molecular complexity index is 452. The highest BCUT2D eigenvalue weighted by Gasteiger charge is 2.17. The lowest BCUT2D eigenvalue weighted by Gasteiger charge is -2.19. The van der Waals surface area contributed by atoms with Crippen molar-refractivity contribution in [1.82, 2.24) is 10.9 Å². The van der Waals surface area contributed by atoms with E-state index in [1.54, 1.807) is 32.9 Å². The van der Waals surface area contributed by atoms with Gasteiger partial charge in [0.15, 0.2) is 0 Å². The minimum Gasteiger partial charge on any atom is -0.507 e. The summed E-state index contributed by atoms with van der Waals surface area (Å²) in [6, 6.07) is 6.00. The quantitative estimate of drug-likeness (QED) is 0.662. The van der Waals surface area contributed by atoms with E-state index < -0.39 is 17.6 Å². The minimum atomic E-state index is -0.772. The van der Waals surface area contributed by atoms with Crippen molar-refractivity contribution in [2.75, 3.05) is 0 Å². The number of rotatable bonds is 1. The van der Waals surface area contributed by atoms with Gasteiger partial charge in [0.05, 0.1) is 5.56 Å². The van der Waals surface area contributed by atoms with Gasteiger partial charge in [-0.3, -0.25) is 10.2 Å². The van der Waals surface area contributed by atoms with Crippen LogP contribution in [0.25, 0.3) is 0 Å². The number of carbonyl (C=O) groups excluding carboxylic acids is 2. The molecule has 1 rings (SSSR count). The number of hydrogen-bond acceptors (Lipinski definition) is 4. The lowest BCUT2D eigenvalue weighted by molar-refractivity contribution is 0.0483. The van der Waals surface area contributed by atoms with Crippen molar-refractivity contribution in [1.29, 1.82) is 0 Å². The maximum absolute atomic E-state index is 11.6. The monoisotopic (exact) mass is 252 g/mol. The first kappa shape index (κ1) is 13.8. The van der Waals surface area contributed by atoms with Crippen LogP contribution >= 0.6 is 0 Å². The molecule has 98 valence electrons. The third kappa shape index (κ3) is 4.32. The lowest BCUT2D eigenvalue weighted by atomic mass is 10.2. The van der Waals surface area contributed by atoms with Crippen LogP contribution in [-0.4, -0.2) is 22.7 Å². The highest BCUT2D eigenvalue weighted by molar-refractivity contribution is 5.97. The van der Waals surface area contributed by atoms with Gasteiger partial charge >= 0.3 is 6.09 Å². The Morgan fingerprint density at radius 3 is 2.33 bits per heavy atom. The summed E-state index contributed by atoms with van der Waals surface area (Å²) in [5, 5.41) is 9.43. The normalized spacial score (nSPS) is 10.6. The molecule has 0 aliphatic rings. The highest BCUT2D eigenvalue weighted by Crippen LogP contribution is 2.14. The number of para-hydroxylation sites is 1. The van der Waals surface area contributed by atoms with Crippen molar-refractivity contribution in [3.05, 3.63) is 29.8 Å². The first-order chi connectivity index (χ1) is 8.29. The summed E-state index contributed by atoms with van der Waals surface area (Å²) in [7, 11) is 0. The largest absolute Gasteiger partial charge is 0.507 e. The smallest absolute Gasteiger partial charge is 0.426 e. The SMILES string of the molecule is CC(C)(C)OC(=O)NNC(=O)c1ccccc1O. The molecule has 0 aliphatic carbocycles. The summed E-state index contributed by atoms with van der Waals surface area (Å²) < 4.78 is 4.93. The number of phenolic OH excluding ortho intramolecular Hbond substituents is 1. The molecule has 0 bridgehead atoms. The number of aromatic hydroxyl groups is 1. The fourth-order valence-electron chi connectivity index (χ4n) is 1.14. The summed E-state index contributed by atoms with van der Waals surface area (Å²) in [5.74, 6) is -0.792. The molecule has 3 N–H and O–H groups in total. The van der Waals surface area contributed by atoms with Crippen LogP contribution in [0.3, 0.4) is 0 Å². The number of hydrazine groups is 1. The molecular formula is C12H16N2O4. The fourth-order valence-corrected chi connectivity index (χ4v) is 1.14. The number of carbonyl (C=O) groups is 2. The van der Waals surface area contributed by atoms with E-state index in [2.05, 4.69) is 10.9 Å². The molecule has 0 heterocycles. The zero-order valence-electron chi connectivity index (χ0n) is 10.5. The van der Waals surface area contributed by atoms with Crippen LogP contribution in [0.15, 0.2) is 24.3 Å². The average Bonchev–Trinajstić information content (AvgIpc) is 2.24. The number of benzene rings is 1. The Morgan fingerprint density at radius 2 is 1.78 bits per heavy atom. The molecule has 1 aromatic carbocycles. The molecule has 0 atom stereocenters. The van der Waals surface area contributed by atoms with Crippen LogP contribution in [0.5, 0.6) is 5.75 Å². The van der Waals surface area contributed by atoms with E-state index in [1.165, 1.54) is 12.1 Å². The molecule has 18 heavy (non-hydrogen) atoms. The van der Waals surface area contributed by atoms with Gasteiger partial charge in [-0.25, -0.2) is 10.2 Å². The van der Waals surface area contributed by atoms with Crippen molar-refractivity contribution < 1.29 is 19.4 Å². The maximum Gasteiger partial charge on any atom is 0.426 e. The first-order valence-corrected chi connectivity index (χ1v) is 5.37. The van der Waals surface area contributed by atoms with Gasteiger partial charge in [-0.2, -0.15) is 0 Å². The molecule has 0 saturated carbocycles. The van der Waals surface area contributed by atoms with Crippen LogP contribution in [0.2, 0.25) is 0 Å². The number of nitrogens with one attached hydrogen (secondary N) is 2. The van der Waals surface area contributed by atoms with Gasteiger partial charge in [0.25, 0.3) is 5.91 Å². The number of ether oxygens (including phenoxy) is 1. The summed E-state index contributed by atoms with van der Waals surface area (Å²) in [5.41, 5.74) is 3.65. The summed E-state index contributed by atoms with van der Waals surface area (Å²) in [6.45, 7) is 5.12. The van der Waals surface area contributed by atoms with E-state index in [0.717, 1.165) is 0 Å². The topological polar surface area (TPSA) is 87.7 Å². The fraction of sp³-hybridized carbons (Fsp3) is 0.333. The molecule has 0 spiro atoms. The van der Waals surface area contributed by atoms with Gasteiger partial charge in [-0.05, 0) is 32.9 Å². The minimum absolute atomic E-state index is 0.0635. The van der Waals surface area contributed by atoms with Gasteiger partial charge in [0, 0.05) is 0 Å². The second-order valence-corrected chi connectivity index (χ2v) is 4.60. The van der Waals surface area contributed by atoms with Crippen LogP contribution < -0.4 is 10.9 Å². The van der Waals surface area contributed by atoms with Gasteiger partial charge < -0.3 is 9.84 Å². The molecule has 0 unspecified atom stereocenters. The van der Waals surface area contributed by atoms with Crippen molar-refractivity contribution in [2.24, 2.45) is 0 Å². The van der Waals surface area contributed by atoms with E-state index in [1.807, 2.05) is 0 Å². The third-order valence-corrected chi connectivity index (χ3v) is 1.83. The molecule has 1 aromatic rings. The van der Waals surface area contributed by atoms with Crippen LogP contribution in [-0.2, 0) is 4.74 Å². The Labute approximate surface area is 105 Å². The van der Waals surface area contributed by atoms with E-state index in [4.69, 9.17) is 4.74 Å². The van der Waals surface area contributed by atoms with Gasteiger partial charge in [-0.15, -0.1) is 0 Å². The second-order valence-electron chi connectivity index (χ2n) is 4.60. The Hall–Kier alpha value is -2.24. The Balaban J connectivity index is 2.52. The lowest BCUT2D eigenvalue weighted by Crippen LogP contribution is -2.44. The Morgan fingerprint density at radius 1 is 1.17 bits per heavy atom. The van der Waals surface area contributed by atoms with Gasteiger partial charge in [-0.1, -0.05) is 12.1 Å². The number of phenols is 1. The molecule has 0 aromatic heterocycles.